The molecule has 0 saturated heterocycles. The van der Waals surface area contributed by atoms with Crippen molar-refractivity contribution in [3.05, 3.63) is 30.1 Å². The Balaban J connectivity index is 2.02. The van der Waals surface area contributed by atoms with Crippen LogP contribution in [0.1, 0.15) is 38.4 Å². The maximum absolute atomic E-state index is 9.84. The zero-order valence-corrected chi connectivity index (χ0v) is 13.1. The molecule has 1 heterocycles. The molecule has 1 aromatic rings. The van der Waals surface area contributed by atoms with Crippen LogP contribution in [0.5, 0.6) is 0 Å². The van der Waals surface area contributed by atoms with E-state index < -0.39 is 6.10 Å². The number of rotatable bonds is 12. The van der Waals surface area contributed by atoms with Crippen LogP contribution in [0.25, 0.3) is 0 Å². The molecule has 0 amide bonds. The summed E-state index contributed by atoms with van der Waals surface area (Å²) in [5, 5.41) is 13.1. The summed E-state index contributed by atoms with van der Waals surface area (Å²) in [5.41, 5.74) is 0.968. The van der Waals surface area contributed by atoms with E-state index >= 15 is 0 Å². The van der Waals surface area contributed by atoms with Crippen LogP contribution in [0.3, 0.4) is 0 Å². The fourth-order valence-electron chi connectivity index (χ4n) is 1.79. The van der Waals surface area contributed by atoms with Gasteiger partial charge in [0, 0.05) is 25.4 Å². The molecule has 1 rings (SSSR count). The summed E-state index contributed by atoms with van der Waals surface area (Å²) in [7, 11) is 0. The first-order chi connectivity index (χ1) is 10.2. The first-order valence-corrected chi connectivity index (χ1v) is 7.72. The third kappa shape index (κ3) is 8.78. The summed E-state index contributed by atoms with van der Waals surface area (Å²) in [6, 6.07) is 5.92. The van der Waals surface area contributed by atoms with Gasteiger partial charge in [0.15, 0.2) is 0 Å². The van der Waals surface area contributed by atoms with Crippen LogP contribution in [0.15, 0.2) is 24.4 Å². The number of unbranched alkanes of at least 4 members (excludes halogenated alkanes) is 1. The Bertz CT molecular complexity index is 349. The van der Waals surface area contributed by atoms with E-state index in [2.05, 4.69) is 17.2 Å². The van der Waals surface area contributed by atoms with Crippen LogP contribution >= 0.6 is 0 Å². The van der Waals surface area contributed by atoms with Gasteiger partial charge in [0.25, 0.3) is 0 Å². The smallest absolute Gasteiger partial charge is 0.0897 e. The largest absolute Gasteiger partial charge is 0.389 e. The van der Waals surface area contributed by atoms with Crippen molar-refractivity contribution in [3.8, 4) is 0 Å². The second-order valence-electron chi connectivity index (χ2n) is 5.08. The van der Waals surface area contributed by atoms with Crippen molar-refractivity contribution in [3.63, 3.8) is 0 Å². The summed E-state index contributed by atoms with van der Waals surface area (Å²) in [4.78, 5) is 4.28. The van der Waals surface area contributed by atoms with Gasteiger partial charge in [-0.2, -0.15) is 0 Å². The molecule has 1 unspecified atom stereocenters. The molecule has 0 saturated carbocycles. The van der Waals surface area contributed by atoms with Crippen molar-refractivity contribution in [1.29, 1.82) is 0 Å². The molecule has 0 aliphatic rings. The second-order valence-corrected chi connectivity index (χ2v) is 5.08. The second kappa shape index (κ2) is 11.6. The molecule has 2 N–H and O–H groups in total. The van der Waals surface area contributed by atoms with E-state index in [-0.39, 0.29) is 6.04 Å². The molecule has 120 valence electrons. The monoisotopic (exact) mass is 296 g/mol. The Morgan fingerprint density at radius 1 is 1.24 bits per heavy atom. The molecule has 1 aromatic heterocycles. The molecule has 0 radical (unpaired) electrons. The molecule has 0 aliphatic carbocycles. The number of nitrogens with one attached hydrogen (secondary N) is 1. The zero-order chi connectivity index (χ0) is 15.3. The first-order valence-electron chi connectivity index (χ1n) is 7.72. The van der Waals surface area contributed by atoms with Gasteiger partial charge in [-0.3, -0.25) is 4.98 Å². The number of aromatic nitrogens is 1. The normalized spacial score (nSPS) is 14.0. The summed E-state index contributed by atoms with van der Waals surface area (Å²) < 4.78 is 10.8. The Morgan fingerprint density at radius 2 is 2.05 bits per heavy atom. The molecular weight excluding hydrogens is 268 g/mol. The maximum Gasteiger partial charge on any atom is 0.0897 e. The molecule has 0 spiro atoms. The van der Waals surface area contributed by atoms with Gasteiger partial charge in [-0.15, -0.1) is 0 Å². The van der Waals surface area contributed by atoms with E-state index in [0.29, 0.717) is 26.4 Å². The van der Waals surface area contributed by atoms with Gasteiger partial charge in [0.05, 0.1) is 31.6 Å². The van der Waals surface area contributed by atoms with E-state index in [0.717, 1.165) is 25.1 Å². The molecule has 2 atom stereocenters. The van der Waals surface area contributed by atoms with Crippen LogP contribution in [-0.4, -0.2) is 49.2 Å². The molecule has 0 aromatic carbocycles. The van der Waals surface area contributed by atoms with E-state index in [1.54, 1.807) is 6.20 Å². The minimum atomic E-state index is -0.521. The number of pyridine rings is 1. The SMILES string of the molecule is CCCCOCCOCC(O)CN[C@@H](C)c1ccccn1. The summed E-state index contributed by atoms with van der Waals surface area (Å²) in [5.74, 6) is 0. The quantitative estimate of drug-likeness (QED) is 0.577. The molecule has 0 bridgehead atoms. The van der Waals surface area contributed by atoms with Crippen molar-refractivity contribution in [2.24, 2.45) is 0 Å². The van der Waals surface area contributed by atoms with Crippen molar-refractivity contribution in [2.45, 2.75) is 38.8 Å². The average Bonchev–Trinajstić information content (AvgIpc) is 2.52. The standard InChI is InChI=1S/C16H28N2O3/c1-3-4-9-20-10-11-21-13-15(19)12-18-14(2)16-7-5-6-8-17-16/h5-8,14-15,18-19H,3-4,9-13H2,1-2H3/t14-,15?/m0/s1. The van der Waals surface area contributed by atoms with Crippen LogP contribution in [-0.2, 0) is 9.47 Å². The summed E-state index contributed by atoms with van der Waals surface area (Å²) in [6.45, 7) is 6.85. The molecule has 0 fully saturated rings. The van der Waals surface area contributed by atoms with E-state index in [4.69, 9.17) is 9.47 Å². The topological polar surface area (TPSA) is 63.6 Å². The van der Waals surface area contributed by atoms with Crippen LogP contribution in [0, 0.1) is 0 Å². The fourth-order valence-corrected chi connectivity index (χ4v) is 1.79. The fraction of sp³-hybridized carbons (Fsp3) is 0.688. The van der Waals surface area contributed by atoms with Gasteiger partial charge in [-0.1, -0.05) is 19.4 Å². The van der Waals surface area contributed by atoms with Gasteiger partial charge in [0.2, 0.25) is 0 Å². The highest BCUT2D eigenvalue weighted by Gasteiger charge is 2.09. The lowest BCUT2D eigenvalue weighted by Crippen LogP contribution is -2.32. The van der Waals surface area contributed by atoms with E-state index in [1.165, 1.54) is 0 Å². The van der Waals surface area contributed by atoms with Gasteiger partial charge >= 0.3 is 0 Å². The van der Waals surface area contributed by atoms with Crippen molar-refractivity contribution < 1.29 is 14.6 Å². The number of ether oxygens (including phenoxy) is 2. The highest BCUT2D eigenvalue weighted by atomic mass is 16.5. The number of hydrogen-bond donors (Lipinski definition) is 2. The highest BCUT2D eigenvalue weighted by Crippen LogP contribution is 2.07. The van der Waals surface area contributed by atoms with Crippen molar-refractivity contribution in [1.82, 2.24) is 10.3 Å². The van der Waals surface area contributed by atoms with Gasteiger partial charge < -0.3 is 19.9 Å². The van der Waals surface area contributed by atoms with Crippen LogP contribution in [0.4, 0.5) is 0 Å². The maximum atomic E-state index is 9.84. The summed E-state index contributed by atoms with van der Waals surface area (Å²) in [6.07, 6.45) is 3.47. The highest BCUT2D eigenvalue weighted by molar-refractivity contribution is 5.07. The Kier molecular flexibility index (Phi) is 9.99. The lowest BCUT2D eigenvalue weighted by Gasteiger charge is -2.17. The molecule has 5 heteroatoms. The van der Waals surface area contributed by atoms with Crippen molar-refractivity contribution >= 4 is 0 Å². The van der Waals surface area contributed by atoms with E-state index in [9.17, 15) is 5.11 Å². The molecule has 21 heavy (non-hydrogen) atoms. The van der Waals surface area contributed by atoms with Crippen LogP contribution < -0.4 is 5.32 Å². The minimum Gasteiger partial charge on any atom is -0.389 e. The third-order valence-corrected chi connectivity index (χ3v) is 3.12. The van der Waals surface area contributed by atoms with Gasteiger partial charge in [-0.05, 0) is 25.5 Å². The third-order valence-electron chi connectivity index (χ3n) is 3.12. The first kappa shape index (κ1) is 18.0. The van der Waals surface area contributed by atoms with E-state index in [1.807, 2.05) is 25.1 Å². The molecular formula is C16H28N2O3. The van der Waals surface area contributed by atoms with Crippen LogP contribution in [0.2, 0.25) is 0 Å². The lowest BCUT2D eigenvalue weighted by molar-refractivity contribution is 0.00329. The lowest BCUT2D eigenvalue weighted by atomic mass is 10.2. The Morgan fingerprint density at radius 3 is 2.76 bits per heavy atom. The number of aliphatic hydroxyl groups excluding tert-OH is 1. The predicted octanol–water partition coefficient (Wildman–Crippen LogP) is 1.93. The summed E-state index contributed by atoms with van der Waals surface area (Å²) >= 11 is 0. The number of hydrogen-bond acceptors (Lipinski definition) is 5. The zero-order valence-electron chi connectivity index (χ0n) is 13.1. The average molecular weight is 296 g/mol. The Labute approximate surface area is 127 Å². The predicted molar refractivity (Wildman–Crippen MR) is 83.2 cm³/mol. The molecule has 0 aliphatic heterocycles. The Hall–Kier alpha value is -1.01. The molecule has 5 nitrogen and oxygen atoms in total. The minimum absolute atomic E-state index is 0.109. The number of nitrogens with zero attached hydrogens (tertiary/aromatic N) is 1. The van der Waals surface area contributed by atoms with Crippen molar-refractivity contribution in [2.75, 3.05) is 33.0 Å². The van der Waals surface area contributed by atoms with Gasteiger partial charge in [-0.25, -0.2) is 0 Å². The van der Waals surface area contributed by atoms with Gasteiger partial charge in [0.1, 0.15) is 0 Å². The number of aliphatic hydroxyl groups is 1.